The summed E-state index contributed by atoms with van der Waals surface area (Å²) in [7, 11) is 0. The van der Waals surface area contributed by atoms with E-state index in [4.69, 9.17) is 15.3 Å². The molecule has 2 aromatic carbocycles. The van der Waals surface area contributed by atoms with Crippen LogP contribution < -0.4 is 6.14 Å². The first-order valence-electron chi connectivity index (χ1n) is 5.08. The monoisotopic (exact) mass is 638 g/mol. The van der Waals surface area contributed by atoms with Crippen molar-refractivity contribution in [3.8, 4) is 0 Å². The van der Waals surface area contributed by atoms with Crippen molar-refractivity contribution in [1.82, 2.24) is 0 Å². The van der Waals surface area contributed by atoms with Crippen LogP contribution >= 0.6 is 0 Å². The molecule has 2 aromatic rings. The molecule has 2 N–H and O–H groups in total. The molecule has 0 aliphatic carbocycles. The van der Waals surface area contributed by atoms with Crippen LogP contribution in [0.25, 0.3) is 0 Å². The van der Waals surface area contributed by atoms with Gasteiger partial charge in [0.2, 0.25) is 0 Å². The summed E-state index contributed by atoms with van der Waals surface area (Å²) in [6, 6.07) is 21.1. The Kier molecular flexibility index (Phi) is 15.2. The molecule has 0 amide bonds. The molecular formula is C12H12Hg2NO4-. The van der Waals surface area contributed by atoms with Crippen LogP contribution in [-0.4, -0.2) is 10.6 Å². The molecule has 0 saturated heterocycles. The summed E-state index contributed by atoms with van der Waals surface area (Å²) >= 11 is 1.62. The van der Waals surface area contributed by atoms with E-state index in [1.807, 2.05) is 0 Å². The third kappa shape index (κ3) is 17.5. The Labute approximate surface area is 144 Å². The summed E-state index contributed by atoms with van der Waals surface area (Å²) in [6.07, 6.45) is 0. The minimum absolute atomic E-state index is 0. The fourth-order valence-corrected chi connectivity index (χ4v) is 3.07. The quantitative estimate of drug-likeness (QED) is 0.242. The first-order chi connectivity index (χ1) is 8.52. The van der Waals surface area contributed by atoms with Gasteiger partial charge >= 0.3 is 119 Å². The van der Waals surface area contributed by atoms with Crippen molar-refractivity contribution in [2.45, 2.75) is 0 Å². The summed E-state index contributed by atoms with van der Waals surface area (Å²) in [4.78, 5) is 8.25. The van der Waals surface area contributed by atoms with Crippen LogP contribution in [0.15, 0.2) is 60.7 Å². The number of hydrogen-bond donors (Lipinski definition) is 0. The maximum absolute atomic E-state index is 8.25. The van der Waals surface area contributed by atoms with Crippen LogP contribution in [0.3, 0.4) is 0 Å². The van der Waals surface area contributed by atoms with Crippen LogP contribution in [0.2, 0.25) is 0 Å². The van der Waals surface area contributed by atoms with Gasteiger partial charge in [-0.15, -0.1) is 0 Å². The summed E-state index contributed by atoms with van der Waals surface area (Å²) in [5, 5.41) is 14.8. The number of nitrogens with zero attached hydrogens (tertiary/aromatic N) is 1. The van der Waals surface area contributed by atoms with E-state index in [1.165, 1.54) is 6.14 Å². The van der Waals surface area contributed by atoms with Gasteiger partial charge in [0.05, 0.1) is 5.09 Å². The van der Waals surface area contributed by atoms with Gasteiger partial charge in [-0.2, -0.15) is 0 Å². The van der Waals surface area contributed by atoms with Crippen molar-refractivity contribution in [3.05, 3.63) is 76.0 Å². The first kappa shape index (κ1) is 20.8. The molecule has 0 heterocycles. The zero-order chi connectivity index (χ0) is 13.8. The van der Waals surface area contributed by atoms with Gasteiger partial charge in [0.15, 0.2) is 0 Å². The topological polar surface area (TPSA) is 97.7 Å². The Bertz CT molecular complexity index is 398. The molecule has 0 fully saturated rings. The van der Waals surface area contributed by atoms with E-state index in [0.29, 0.717) is 0 Å². The SMILES string of the molecule is O.O=[N+]([O-])[O-].[Hg][c]1ccccc1.[Hg][c]1ccccc1. The van der Waals surface area contributed by atoms with E-state index in [0.717, 1.165) is 52.2 Å². The van der Waals surface area contributed by atoms with Crippen molar-refractivity contribution in [3.63, 3.8) is 0 Å². The minimum atomic E-state index is -1.75. The van der Waals surface area contributed by atoms with Crippen molar-refractivity contribution < 1.29 is 62.8 Å². The Morgan fingerprint density at radius 3 is 1.05 bits per heavy atom. The van der Waals surface area contributed by atoms with E-state index in [2.05, 4.69) is 60.7 Å². The van der Waals surface area contributed by atoms with Gasteiger partial charge in [0, 0.05) is 0 Å². The molecule has 0 aromatic heterocycles. The number of hydrogen-bond acceptors (Lipinski definition) is 3. The van der Waals surface area contributed by atoms with Crippen LogP contribution in [0.5, 0.6) is 0 Å². The van der Waals surface area contributed by atoms with Gasteiger partial charge in [0.25, 0.3) is 0 Å². The molecule has 0 radical (unpaired) electrons. The molecule has 0 aliphatic rings. The first-order valence-corrected chi connectivity index (χ1v) is 10.6. The second-order valence-electron chi connectivity index (χ2n) is 3.19. The van der Waals surface area contributed by atoms with Crippen molar-refractivity contribution in [1.29, 1.82) is 0 Å². The molecule has 2 rings (SSSR count). The number of rotatable bonds is 0. The van der Waals surface area contributed by atoms with Crippen molar-refractivity contribution in [2.75, 3.05) is 0 Å². The Balaban J connectivity index is 0. The van der Waals surface area contributed by atoms with Crippen LogP contribution in [-0.2, 0) is 52.2 Å². The summed E-state index contributed by atoms with van der Waals surface area (Å²) < 4.78 is 3.03. The molecule has 0 atom stereocenters. The Morgan fingerprint density at radius 1 is 0.737 bits per heavy atom. The third-order valence-electron chi connectivity index (χ3n) is 1.69. The van der Waals surface area contributed by atoms with Crippen molar-refractivity contribution in [2.24, 2.45) is 0 Å². The van der Waals surface area contributed by atoms with E-state index < -0.39 is 5.09 Å². The number of benzene rings is 2. The van der Waals surface area contributed by atoms with E-state index in [9.17, 15) is 0 Å². The summed E-state index contributed by atoms with van der Waals surface area (Å²) in [6.45, 7) is 0. The molecular weight excluding hydrogens is 623 g/mol. The summed E-state index contributed by atoms with van der Waals surface area (Å²) in [5.74, 6) is 0. The Hall–Kier alpha value is -0.530. The standard InChI is InChI=1S/2C6H5.2Hg.NO3.H2O/c2*1-2-4-6-5-3-1;;;2-1(3)4;/h2*1-5H;;;;1H2/q;;;;-1;. The molecule has 5 nitrogen and oxygen atoms in total. The van der Waals surface area contributed by atoms with E-state index in [-0.39, 0.29) is 5.48 Å². The molecule has 0 aliphatic heterocycles. The zero-order valence-corrected chi connectivity index (χ0v) is 21.4. The molecule has 0 saturated carbocycles. The second-order valence-corrected chi connectivity index (χ2v) is 9.54. The molecule has 19 heavy (non-hydrogen) atoms. The van der Waals surface area contributed by atoms with Gasteiger partial charge in [-0.1, -0.05) is 0 Å². The fraction of sp³-hybridized carbons (Fsp3) is 0. The van der Waals surface area contributed by atoms with Crippen molar-refractivity contribution >= 4 is 6.14 Å². The predicted molar refractivity (Wildman–Crippen MR) is 66.1 cm³/mol. The molecule has 0 bridgehead atoms. The van der Waals surface area contributed by atoms with Gasteiger partial charge in [-0.3, -0.25) is 0 Å². The third-order valence-corrected chi connectivity index (χ3v) is 5.35. The molecule has 0 spiro atoms. The van der Waals surface area contributed by atoms with Gasteiger partial charge in [-0.25, -0.2) is 0 Å². The molecule has 7 heteroatoms. The van der Waals surface area contributed by atoms with Crippen LogP contribution in [0.4, 0.5) is 0 Å². The molecule has 0 unspecified atom stereocenters. The summed E-state index contributed by atoms with van der Waals surface area (Å²) in [5.41, 5.74) is 0. The van der Waals surface area contributed by atoms with Gasteiger partial charge in [-0.05, 0) is 0 Å². The molecule has 94 valence electrons. The van der Waals surface area contributed by atoms with Crippen LogP contribution in [0.1, 0.15) is 0 Å². The van der Waals surface area contributed by atoms with Gasteiger partial charge in [0.1, 0.15) is 0 Å². The van der Waals surface area contributed by atoms with Gasteiger partial charge < -0.3 is 20.8 Å². The average molecular weight is 635 g/mol. The maximum atomic E-state index is 8.25. The fourth-order valence-electron chi connectivity index (χ4n) is 0.956. The second kappa shape index (κ2) is 13.9. The van der Waals surface area contributed by atoms with Crippen LogP contribution in [0, 0.1) is 15.3 Å². The average Bonchev–Trinajstić information content (AvgIpc) is 2.31. The normalized spacial score (nSPS) is 7.79. The van der Waals surface area contributed by atoms with E-state index >= 15 is 0 Å². The van der Waals surface area contributed by atoms with E-state index in [1.54, 1.807) is 0 Å². The Morgan fingerprint density at radius 2 is 0.947 bits per heavy atom. The predicted octanol–water partition coefficient (Wildman–Crippen LogP) is 0.654. The zero-order valence-electron chi connectivity index (χ0n) is 10.4.